The van der Waals surface area contributed by atoms with Crippen molar-refractivity contribution in [1.29, 1.82) is 0 Å². The van der Waals surface area contributed by atoms with Crippen LogP contribution >= 0.6 is 0 Å². The van der Waals surface area contributed by atoms with Crippen molar-refractivity contribution in [2.24, 2.45) is 0 Å². The third kappa shape index (κ3) is 3.58. The molecular formula is C20H29N. The summed E-state index contributed by atoms with van der Waals surface area (Å²) in [5, 5.41) is 3.73. The zero-order valence-corrected chi connectivity index (χ0v) is 14.3. The summed E-state index contributed by atoms with van der Waals surface area (Å²) in [7, 11) is 0. The highest BCUT2D eigenvalue weighted by Gasteiger charge is 2.18. The number of anilines is 1. The van der Waals surface area contributed by atoms with Crippen LogP contribution in [0.2, 0.25) is 0 Å². The van der Waals surface area contributed by atoms with Crippen LogP contribution in [0.4, 0.5) is 5.69 Å². The monoisotopic (exact) mass is 283 g/mol. The molecule has 0 aliphatic heterocycles. The van der Waals surface area contributed by atoms with E-state index in [9.17, 15) is 0 Å². The van der Waals surface area contributed by atoms with Gasteiger partial charge in [-0.05, 0) is 34.4 Å². The normalized spacial score (nSPS) is 14.9. The molecule has 0 saturated heterocycles. The third-order valence-corrected chi connectivity index (χ3v) is 4.19. The van der Waals surface area contributed by atoms with E-state index in [1.54, 1.807) is 0 Å². The number of nitrogens with one attached hydrogen (secondary N) is 1. The highest BCUT2D eigenvalue weighted by atomic mass is 14.9. The van der Waals surface area contributed by atoms with E-state index in [2.05, 4.69) is 83.3 Å². The number of rotatable bonds is 5. The second-order valence-corrected chi connectivity index (χ2v) is 6.98. The average molecular weight is 283 g/mol. The van der Waals surface area contributed by atoms with E-state index in [4.69, 9.17) is 0 Å². The zero-order chi connectivity index (χ0) is 15.6. The molecule has 2 rings (SSSR count). The summed E-state index contributed by atoms with van der Waals surface area (Å²) < 4.78 is 0. The molecule has 0 bridgehead atoms. The van der Waals surface area contributed by atoms with Gasteiger partial charge in [0.15, 0.2) is 0 Å². The number of hydrogen-bond acceptors (Lipinski definition) is 1. The van der Waals surface area contributed by atoms with Gasteiger partial charge in [-0.1, -0.05) is 78.0 Å². The van der Waals surface area contributed by atoms with E-state index in [0.717, 1.165) is 0 Å². The third-order valence-electron chi connectivity index (χ3n) is 4.19. The van der Waals surface area contributed by atoms with Gasteiger partial charge in [0, 0.05) is 5.69 Å². The van der Waals surface area contributed by atoms with Gasteiger partial charge < -0.3 is 5.32 Å². The van der Waals surface area contributed by atoms with Crippen molar-refractivity contribution in [3.8, 4) is 0 Å². The molecule has 0 fully saturated rings. The second-order valence-electron chi connectivity index (χ2n) is 6.98. The Hall–Kier alpha value is -1.50. The molecule has 1 aromatic carbocycles. The van der Waals surface area contributed by atoms with Crippen LogP contribution in [0.3, 0.4) is 0 Å². The smallest absolute Gasteiger partial charge is 0.0634 e. The van der Waals surface area contributed by atoms with Crippen molar-refractivity contribution < 1.29 is 0 Å². The van der Waals surface area contributed by atoms with Crippen LogP contribution < -0.4 is 5.32 Å². The van der Waals surface area contributed by atoms with Crippen LogP contribution in [0, 0.1) is 0 Å². The molecule has 1 nitrogen and oxygen atoms in total. The zero-order valence-electron chi connectivity index (χ0n) is 14.3. The van der Waals surface area contributed by atoms with E-state index >= 15 is 0 Å². The molecule has 0 aromatic heterocycles. The van der Waals surface area contributed by atoms with Crippen LogP contribution in [0.25, 0.3) is 0 Å². The molecule has 1 heteroatoms. The molecule has 0 atom stereocenters. The van der Waals surface area contributed by atoms with Crippen molar-refractivity contribution in [2.45, 2.75) is 65.3 Å². The molecule has 0 saturated carbocycles. The van der Waals surface area contributed by atoms with Crippen LogP contribution in [0.5, 0.6) is 0 Å². The molecule has 1 N–H and O–H groups in total. The maximum Gasteiger partial charge on any atom is 0.0634 e. The fourth-order valence-corrected chi connectivity index (χ4v) is 2.82. The summed E-state index contributed by atoms with van der Waals surface area (Å²) in [6.07, 6.45) is 8.66. The SMILES string of the molecule is CC(C)c1cc(C(C)C)c(NC2C=CC=C2)c(C(C)C)c1. The lowest BCUT2D eigenvalue weighted by atomic mass is 9.87. The Morgan fingerprint density at radius 2 is 1.24 bits per heavy atom. The quantitative estimate of drug-likeness (QED) is 0.702. The summed E-state index contributed by atoms with van der Waals surface area (Å²) in [5.41, 5.74) is 5.67. The van der Waals surface area contributed by atoms with Crippen molar-refractivity contribution >= 4 is 5.69 Å². The summed E-state index contributed by atoms with van der Waals surface area (Å²) in [6, 6.07) is 5.11. The van der Waals surface area contributed by atoms with Crippen LogP contribution in [0.15, 0.2) is 36.4 Å². The van der Waals surface area contributed by atoms with Crippen LogP contribution in [-0.2, 0) is 0 Å². The number of benzene rings is 1. The first-order valence-corrected chi connectivity index (χ1v) is 8.19. The topological polar surface area (TPSA) is 12.0 Å². The van der Waals surface area contributed by atoms with Gasteiger partial charge in [-0.15, -0.1) is 0 Å². The molecule has 21 heavy (non-hydrogen) atoms. The van der Waals surface area contributed by atoms with Crippen molar-refractivity contribution in [2.75, 3.05) is 5.32 Å². The minimum Gasteiger partial charge on any atom is -0.375 e. The Morgan fingerprint density at radius 3 is 1.62 bits per heavy atom. The lowest BCUT2D eigenvalue weighted by molar-refractivity contribution is 0.803. The fraction of sp³-hybridized carbons (Fsp3) is 0.500. The lowest BCUT2D eigenvalue weighted by Gasteiger charge is -2.25. The van der Waals surface area contributed by atoms with Gasteiger partial charge in [0.1, 0.15) is 0 Å². The van der Waals surface area contributed by atoms with Gasteiger partial charge in [0.05, 0.1) is 6.04 Å². The van der Waals surface area contributed by atoms with Gasteiger partial charge in [-0.2, -0.15) is 0 Å². The van der Waals surface area contributed by atoms with E-state index in [0.29, 0.717) is 23.8 Å². The first-order chi connectivity index (χ1) is 9.90. The molecule has 1 aliphatic carbocycles. The minimum absolute atomic E-state index is 0.324. The maximum atomic E-state index is 3.73. The minimum atomic E-state index is 0.324. The summed E-state index contributed by atoms with van der Waals surface area (Å²) in [6.45, 7) is 13.7. The van der Waals surface area contributed by atoms with E-state index < -0.39 is 0 Å². The van der Waals surface area contributed by atoms with Crippen molar-refractivity contribution in [3.05, 3.63) is 53.1 Å². The molecule has 0 unspecified atom stereocenters. The van der Waals surface area contributed by atoms with E-state index in [1.807, 2.05) is 0 Å². The average Bonchev–Trinajstić information content (AvgIpc) is 2.90. The first-order valence-electron chi connectivity index (χ1n) is 8.19. The Morgan fingerprint density at radius 1 is 0.762 bits per heavy atom. The summed E-state index contributed by atoms with van der Waals surface area (Å²) >= 11 is 0. The van der Waals surface area contributed by atoms with Crippen LogP contribution in [-0.4, -0.2) is 6.04 Å². The number of hydrogen-bond donors (Lipinski definition) is 1. The lowest BCUT2D eigenvalue weighted by Crippen LogP contribution is -2.16. The molecule has 0 radical (unpaired) electrons. The van der Waals surface area contributed by atoms with E-state index in [1.165, 1.54) is 22.4 Å². The van der Waals surface area contributed by atoms with Crippen LogP contribution in [0.1, 0.15) is 76.0 Å². The van der Waals surface area contributed by atoms with Gasteiger partial charge in [-0.3, -0.25) is 0 Å². The Labute approximate surface area is 130 Å². The molecule has 0 amide bonds. The largest absolute Gasteiger partial charge is 0.375 e. The summed E-state index contributed by atoms with van der Waals surface area (Å²) in [5.74, 6) is 1.62. The highest BCUT2D eigenvalue weighted by molar-refractivity contribution is 5.63. The van der Waals surface area contributed by atoms with Gasteiger partial charge in [-0.25, -0.2) is 0 Å². The molecule has 1 aromatic rings. The van der Waals surface area contributed by atoms with Gasteiger partial charge >= 0.3 is 0 Å². The summed E-state index contributed by atoms with van der Waals surface area (Å²) in [4.78, 5) is 0. The predicted octanol–water partition coefficient (Wildman–Crippen LogP) is 5.96. The molecular weight excluding hydrogens is 254 g/mol. The standard InChI is InChI=1S/C20H29N/c1-13(2)16-11-18(14(3)4)20(19(12-16)15(5)6)21-17-9-7-8-10-17/h7-15,17,21H,1-6H3. The van der Waals surface area contributed by atoms with Gasteiger partial charge in [0.2, 0.25) is 0 Å². The van der Waals surface area contributed by atoms with E-state index in [-0.39, 0.29) is 0 Å². The Kier molecular flexibility index (Phi) is 4.92. The van der Waals surface area contributed by atoms with Crippen molar-refractivity contribution in [1.82, 2.24) is 0 Å². The number of allylic oxidation sites excluding steroid dienone is 2. The van der Waals surface area contributed by atoms with Crippen molar-refractivity contribution in [3.63, 3.8) is 0 Å². The first kappa shape index (κ1) is 15.9. The molecule has 1 aliphatic rings. The highest BCUT2D eigenvalue weighted by Crippen LogP contribution is 2.36. The predicted molar refractivity (Wildman–Crippen MR) is 94.4 cm³/mol. The van der Waals surface area contributed by atoms with Gasteiger partial charge in [0.25, 0.3) is 0 Å². The second kappa shape index (κ2) is 6.51. The maximum absolute atomic E-state index is 3.73. The molecule has 114 valence electrons. The fourth-order valence-electron chi connectivity index (χ4n) is 2.82. The molecule has 0 heterocycles. The Balaban J connectivity index is 2.52. The molecule has 0 spiro atoms. The Bertz CT molecular complexity index is 506.